The van der Waals surface area contributed by atoms with Gasteiger partial charge in [0.2, 0.25) is 0 Å². The van der Waals surface area contributed by atoms with Crippen molar-refractivity contribution in [3.05, 3.63) is 34.4 Å². The quantitative estimate of drug-likeness (QED) is 0.792. The smallest absolute Gasteiger partial charge is 0.336 e. The molecule has 1 heterocycles. The van der Waals surface area contributed by atoms with Gasteiger partial charge in [-0.1, -0.05) is 17.7 Å². The fourth-order valence-electron chi connectivity index (χ4n) is 2.80. The first kappa shape index (κ1) is 15.0. The molecular weight excluding hydrogens is 254 g/mol. The molecular formula is C16H23NO3. The van der Waals surface area contributed by atoms with E-state index in [-0.39, 0.29) is 5.97 Å². The molecule has 0 bridgehead atoms. The maximum absolute atomic E-state index is 11.6. The van der Waals surface area contributed by atoms with E-state index in [4.69, 9.17) is 9.47 Å². The van der Waals surface area contributed by atoms with Crippen LogP contribution in [0.1, 0.15) is 22.3 Å². The second kappa shape index (κ2) is 6.37. The highest BCUT2D eigenvalue weighted by Crippen LogP contribution is 2.20. The van der Waals surface area contributed by atoms with Gasteiger partial charge in [0.05, 0.1) is 13.7 Å². The van der Waals surface area contributed by atoms with Crippen molar-refractivity contribution in [3.8, 4) is 0 Å². The van der Waals surface area contributed by atoms with Crippen molar-refractivity contribution in [2.75, 3.05) is 26.8 Å². The van der Waals surface area contributed by atoms with Crippen LogP contribution in [0.4, 0.5) is 0 Å². The molecule has 1 unspecified atom stereocenters. The molecule has 0 amide bonds. The first-order chi connectivity index (χ1) is 9.51. The highest BCUT2D eigenvalue weighted by atomic mass is 16.6. The third-order valence-corrected chi connectivity index (χ3v) is 3.84. The van der Waals surface area contributed by atoms with Crippen molar-refractivity contribution in [2.45, 2.75) is 33.4 Å². The van der Waals surface area contributed by atoms with Gasteiger partial charge in [0.15, 0.2) is 6.10 Å². The minimum atomic E-state index is -0.459. The number of esters is 1. The summed E-state index contributed by atoms with van der Waals surface area (Å²) in [5, 5.41) is 0. The number of nitrogens with zero attached hydrogens (tertiary/aromatic N) is 1. The van der Waals surface area contributed by atoms with Crippen LogP contribution in [-0.4, -0.2) is 43.8 Å². The Bertz CT molecular complexity index is 475. The Labute approximate surface area is 120 Å². The second-order valence-electron chi connectivity index (χ2n) is 5.49. The van der Waals surface area contributed by atoms with Crippen LogP contribution in [-0.2, 0) is 20.8 Å². The first-order valence-electron chi connectivity index (χ1n) is 6.99. The summed E-state index contributed by atoms with van der Waals surface area (Å²) in [5.74, 6) is -0.285. The molecule has 4 heteroatoms. The average molecular weight is 277 g/mol. The van der Waals surface area contributed by atoms with E-state index >= 15 is 0 Å². The number of benzene rings is 1. The summed E-state index contributed by atoms with van der Waals surface area (Å²) in [6.07, 6.45) is -0.459. The van der Waals surface area contributed by atoms with Crippen molar-refractivity contribution >= 4 is 5.97 Å². The lowest BCUT2D eigenvalue weighted by Gasteiger charge is -2.32. The number of carbonyl (C=O) groups excluding carboxylic acids is 1. The van der Waals surface area contributed by atoms with Crippen molar-refractivity contribution in [2.24, 2.45) is 0 Å². The zero-order chi connectivity index (χ0) is 14.7. The molecule has 1 aliphatic heterocycles. The number of rotatable bonds is 3. The monoisotopic (exact) mass is 277 g/mol. The highest BCUT2D eigenvalue weighted by molar-refractivity contribution is 5.74. The van der Waals surface area contributed by atoms with Gasteiger partial charge in [0.1, 0.15) is 0 Å². The number of morpholine rings is 1. The minimum Gasteiger partial charge on any atom is -0.467 e. The highest BCUT2D eigenvalue weighted by Gasteiger charge is 2.27. The summed E-state index contributed by atoms with van der Waals surface area (Å²) >= 11 is 0. The number of hydrogen-bond donors (Lipinski definition) is 0. The molecule has 0 spiro atoms. The Hall–Kier alpha value is -1.39. The maximum Gasteiger partial charge on any atom is 0.336 e. The van der Waals surface area contributed by atoms with E-state index in [1.54, 1.807) is 0 Å². The Morgan fingerprint density at radius 2 is 2.00 bits per heavy atom. The van der Waals surface area contributed by atoms with E-state index < -0.39 is 6.10 Å². The van der Waals surface area contributed by atoms with Gasteiger partial charge in [-0.25, -0.2) is 4.79 Å². The number of aryl methyl sites for hydroxylation is 3. The Morgan fingerprint density at radius 3 is 2.60 bits per heavy atom. The third kappa shape index (κ3) is 3.38. The summed E-state index contributed by atoms with van der Waals surface area (Å²) in [6.45, 7) is 9.28. The van der Waals surface area contributed by atoms with Gasteiger partial charge in [0.25, 0.3) is 0 Å². The standard InChI is InChI=1S/C16H23NO3/c1-11-7-12(2)14(13(3)8-11)9-17-5-6-20-15(10-17)16(18)19-4/h7-8,15H,5-6,9-10H2,1-4H3. The van der Waals surface area contributed by atoms with Crippen molar-refractivity contribution in [1.82, 2.24) is 4.90 Å². The van der Waals surface area contributed by atoms with Crippen LogP contribution in [0.2, 0.25) is 0 Å². The predicted molar refractivity (Wildman–Crippen MR) is 77.7 cm³/mol. The van der Waals surface area contributed by atoms with Gasteiger partial charge in [-0.15, -0.1) is 0 Å². The lowest BCUT2D eigenvalue weighted by molar-refractivity contribution is -0.160. The van der Waals surface area contributed by atoms with E-state index in [0.717, 1.165) is 13.1 Å². The molecule has 1 aromatic rings. The predicted octanol–water partition coefficient (Wildman–Crippen LogP) is 1.99. The molecule has 0 N–H and O–H groups in total. The summed E-state index contributed by atoms with van der Waals surface area (Å²) in [5.41, 5.74) is 5.26. The largest absolute Gasteiger partial charge is 0.467 e. The maximum atomic E-state index is 11.6. The van der Waals surface area contributed by atoms with Crippen molar-refractivity contribution < 1.29 is 14.3 Å². The van der Waals surface area contributed by atoms with Crippen LogP contribution in [0.15, 0.2) is 12.1 Å². The van der Waals surface area contributed by atoms with Crippen LogP contribution >= 0.6 is 0 Å². The van der Waals surface area contributed by atoms with E-state index in [1.807, 2.05) is 0 Å². The minimum absolute atomic E-state index is 0.285. The Morgan fingerprint density at radius 1 is 1.35 bits per heavy atom. The molecule has 0 aromatic heterocycles. The van der Waals surface area contributed by atoms with Gasteiger partial charge in [-0.2, -0.15) is 0 Å². The van der Waals surface area contributed by atoms with E-state index in [0.29, 0.717) is 13.2 Å². The third-order valence-electron chi connectivity index (χ3n) is 3.84. The molecule has 1 saturated heterocycles. The molecule has 4 nitrogen and oxygen atoms in total. The number of hydrogen-bond acceptors (Lipinski definition) is 4. The average Bonchev–Trinajstić information content (AvgIpc) is 2.42. The fourth-order valence-corrected chi connectivity index (χ4v) is 2.80. The zero-order valence-electron chi connectivity index (χ0n) is 12.7. The Kier molecular flexibility index (Phi) is 4.78. The lowest BCUT2D eigenvalue weighted by atomic mass is 9.99. The molecule has 1 atom stereocenters. The van der Waals surface area contributed by atoms with Gasteiger partial charge >= 0.3 is 5.97 Å². The molecule has 20 heavy (non-hydrogen) atoms. The van der Waals surface area contributed by atoms with Gasteiger partial charge in [-0.3, -0.25) is 4.90 Å². The van der Waals surface area contributed by atoms with Crippen LogP contribution in [0, 0.1) is 20.8 Å². The Balaban J connectivity index is 2.08. The number of ether oxygens (including phenoxy) is 2. The van der Waals surface area contributed by atoms with E-state index in [9.17, 15) is 4.79 Å². The molecule has 110 valence electrons. The van der Waals surface area contributed by atoms with Gasteiger partial charge in [0, 0.05) is 19.6 Å². The van der Waals surface area contributed by atoms with Gasteiger partial charge in [-0.05, 0) is 37.5 Å². The summed E-state index contributed by atoms with van der Waals surface area (Å²) in [7, 11) is 1.40. The van der Waals surface area contributed by atoms with Crippen LogP contribution in [0.5, 0.6) is 0 Å². The molecule has 1 fully saturated rings. The molecule has 0 radical (unpaired) electrons. The molecule has 1 aliphatic rings. The lowest BCUT2D eigenvalue weighted by Crippen LogP contribution is -2.46. The SMILES string of the molecule is COC(=O)C1CN(Cc2c(C)cc(C)cc2C)CCO1. The topological polar surface area (TPSA) is 38.8 Å². The molecule has 1 aromatic carbocycles. The second-order valence-corrected chi connectivity index (χ2v) is 5.49. The zero-order valence-corrected chi connectivity index (χ0v) is 12.7. The van der Waals surface area contributed by atoms with Gasteiger partial charge < -0.3 is 9.47 Å². The fraction of sp³-hybridized carbons (Fsp3) is 0.562. The van der Waals surface area contributed by atoms with Crippen LogP contribution in [0.3, 0.4) is 0 Å². The summed E-state index contributed by atoms with van der Waals surface area (Å²) < 4.78 is 10.2. The van der Waals surface area contributed by atoms with Crippen molar-refractivity contribution in [1.29, 1.82) is 0 Å². The van der Waals surface area contributed by atoms with E-state index in [2.05, 4.69) is 37.8 Å². The molecule has 0 saturated carbocycles. The normalized spacial score (nSPS) is 19.9. The van der Waals surface area contributed by atoms with Crippen LogP contribution in [0.25, 0.3) is 0 Å². The summed E-state index contributed by atoms with van der Waals surface area (Å²) in [4.78, 5) is 13.8. The van der Waals surface area contributed by atoms with Crippen LogP contribution < -0.4 is 0 Å². The summed E-state index contributed by atoms with van der Waals surface area (Å²) in [6, 6.07) is 4.42. The number of carbonyl (C=O) groups is 1. The molecule has 0 aliphatic carbocycles. The van der Waals surface area contributed by atoms with Crippen molar-refractivity contribution in [3.63, 3.8) is 0 Å². The molecule has 2 rings (SSSR count). The first-order valence-corrected chi connectivity index (χ1v) is 6.99. The van der Waals surface area contributed by atoms with E-state index in [1.165, 1.54) is 29.4 Å². The number of methoxy groups -OCH3 is 1.